The number of aliphatic hydroxyl groups excluding tert-OH is 2. The molecule has 84 valence electrons. The van der Waals surface area contributed by atoms with Gasteiger partial charge in [0.15, 0.2) is 0 Å². The standard InChI is InChI=1S/C7H13N5O3/c8-7-10-4-12(11-7)2-6(15)9-1-5(14)3-13/h4-5,13-14H,1-3H2,(H2,8,11)(H,9,15). The molecular formula is C7H13N5O3. The molecule has 1 unspecified atom stereocenters. The number of hydrogen-bond acceptors (Lipinski definition) is 6. The highest BCUT2D eigenvalue weighted by Gasteiger charge is 2.07. The van der Waals surface area contributed by atoms with E-state index in [4.69, 9.17) is 15.9 Å². The second kappa shape index (κ2) is 5.27. The van der Waals surface area contributed by atoms with Gasteiger partial charge in [-0.2, -0.15) is 0 Å². The van der Waals surface area contributed by atoms with Crippen LogP contribution < -0.4 is 11.1 Å². The number of nitrogens with one attached hydrogen (secondary N) is 1. The molecule has 0 aromatic carbocycles. The zero-order chi connectivity index (χ0) is 11.3. The van der Waals surface area contributed by atoms with Crippen LogP contribution >= 0.6 is 0 Å². The largest absolute Gasteiger partial charge is 0.394 e. The predicted octanol–water partition coefficient (Wildman–Crippen LogP) is -2.67. The molecule has 5 N–H and O–H groups in total. The van der Waals surface area contributed by atoms with Crippen LogP contribution in [0.2, 0.25) is 0 Å². The molecule has 0 saturated carbocycles. The highest BCUT2D eigenvalue weighted by atomic mass is 16.3. The van der Waals surface area contributed by atoms with Crippen molar-refractivity contribution in [3.05, 3.63) is 6.33 Å². The van der Waals surface area contributed by atoms with Crippen LogP contribution in [0.4, 0.5) is 5.95 Å². The number of aliphatic hydroxyl groups is 2. The predicted molar refractivity (Wildman–Crippen MR) is 50.5 cm³/mol. The molecule has 0 fully saturated rings. The number of nitrogens with two attached hydrogens (primary N) is 1. The fourth-order valence-electron chi connectivity index (χ4n) is 0.884. The van der Waals surface area contributed by atoms with Crippen molar-refractivity contribution < 1.29 is 15.0 Å². The Hall–Kier alpha value is -1.67. The van der Waals surface area contributed by atoms with Crippen LogP contribution in [0, 0.1) is 0 Å². The van der Waals surface area contributed by atoms with Gasteiger partial charge in [-0.1, -0.05) is 0 Å². The van der Waals surface area contributed by atoms with Gasteiger partial charge in [-0.25, -0.2) is 9.67 Å². The molecule has 8 nitrogen and oxygen atoms in total. The molecule has 0 radical (unpaired) electrons. The maximum absolute atomic E-state index is 11.2. The monoisotopic (exact) mass is 215 g/mol. The Labute approximate surface area is 85.7 Å². The highest BCUT2D eigenvalue weighted by molar-refractivity contribution is 5.75. The molecule has 0 bridgehead atoms. The summed E-state index contributed by atoms with van der Waals surface area (Å²) in [5.41, 5.74) is 5.25. The number of rotatable bonds is 5. The van der Waals surface area contributed by atoms with Gasteiger partial charge >= 0.3 is 0 Å². The number of anilines is 1. The van der Waals surface area contributed by atoms with E-state index in [0.29, 0.717) is 0 Å². The third-order valence-corrected chi connectivity index (χ3v) is 1.61. The SMILES string of the molecule is Nc1ncn(CC(=O)NCC(O)CO)n1. The lowest BCUT2D eigenvalue weighted by Gasteiger charge is -2.08. The molecule has 1 rings (SSSR count). The van der Waals surface area contributed by atoms with Gasteiger partial charge < -0.3 is 21.3 Å². The van der Waals surface area contributed by atoms with E-state index in [-0.39, 0.29) is 24.9 Å². The van der Waals surface area contributed by atoms with Crippen molar-refractivity contribution in [3.63, 3.8) is 0 Å². The molecule has 1 amide bonds. The molecule has 1 aromatic rings. The summed E-state index contributed by atoms with van der Waals surface area (Å²) in [7, 11) is 0. The zero-order valence-electron chi connectivity index (χ0n) is 8.00. The average Bonchev–Trinajstić information content (AvgIpc) is 2.60. The lowest BCUT2D eigenvalue weighted by molar-refractivity contribution is -0.122. The number of hydrogen-bond donors (Lipinski definition) is 4. The summed E-state index contributed by atoms with van der Waals surface area (Å²) in [6, 6.07) is 0. The lowest BCUT2D eigenvalue weighted by atomic mass is 10.4. The van der Waals surface area contributed by atoms with E-state index in [2.05, 4.69) is 15.4 Å². The Morgan fingerprint density at radius 3 is 3.00 bits per heavy atom. The molecule has 1 heterocycles. The summed E-state index contributed by atoms with van der Waals surface area (Å²) in [5, 5.41) is 23.6. The molecule has 1 atom stereocenters. The second-order valence-electron chi connectivity index (χ2n) is 2.94. The van der Waals surface area contributed by atoms with Gasteiger partial charge in [0.25, 0.3) is 0 Å². The van der Waals surface area contributed by atoms with Gasteiger partial charge in [0.1, 0.15) is 12.9 Å². The zero-order valence-corrected chi connectivity index (χ0v) is 8.00. The molecule has 0 aliphatic heterocycles. The first kappa shape index (κ1) is 11.4. The molecular weight excluding hydrogens is 202 g/mol. The first-order chi connectivity index (χ1) is 7.11. The molecule has 0 saturated heterocycles. The minimum Gasteiger partial charge on any atom is -0.394 e. The van der Waals surface area contributed by atoms with E-state index >= 15 is 0 Å². The van der Waals surface area contributed by atoms with E-state index in [1.54, 1.807) is 0 Å². The first-order valence-corrected chi connectivity index (χ1v) is 4.32. The van der Waals surface area contributed by atoms with Crippen molar-refractivity contribution >= 4 is 11.9 Å². The Morgan fingerprint density at radius 1 is 1.73 bits per heavy atom. The molecule has 0 spiro atoms. The van der Waals surface area contributed by atoms with Crippen LogP contribution in [0.5, 0.6) is 0 Å². The Morgan fingerprint density at radius 2 is 2.47 bits per heavy atom. The fourth-order valence-corrected chi connectivity index (χ4v) is 0.884. The summed E-state index contributed by atoms with van der Waals surface area (Å²) >= 11 is 0. The number of aromatic nitrogens is 3. The third kappa shape index (κ3) is 3.92. The van der Waals surface area contributed by atoms with Crippen LogP contribution in [-0.4, -0.2) is 50.1 Å². The van der Waals surface area contributed by atoms with E-state index in [0.717, 1.165) is 0 Å². The van der Waals surface area contributed by atoms with Gasteiger partial charge in [0.05, 0.1) is 12.7 Å². The Balaban J connectivity index is 2.30. The van der Waals surface area contributed by atoms with E-state index in [1.807, 2.05) is 0 Å². The van der Waals surface area contributed by atoms with Crippen molar-refractivity contribution in [2.75, 3.05) is 18.9 Å². The third-order valence-electron chi connectivity index (χ3n) is 1.61. The fraction of sp³-hybridized carbons (Fsp3) is 0.571. The van der Waals surface area contributed by atoms with Crippen LogP contribution in [0.25, 0.3) is 0 Å². The maximum Gasteiger partial charge on any atom is 0.241 e. The first-order valence-electron chi connectivity index (χ1n) is 4.32. The van der Waals surface area contributed by atoms with Gasteiger partial charge in [-0.3, -0.25) is 4.79 Å². The van der Waals surface area contributed by atoms with Gasteiger partial charge in [-0.15, -0.1) is 5.10 Å². The van der Waals surface area contributed by atoms with Gasteiger partial charge in [0, 0.05) is 6.54 Å². The summed E-state index contributed by atoms with van der Waals surface area (Å²) in [5.74, 6) is -0.245. The van der Waals surface area contributed by atoms with Crippen LogP contribution in [0.15, 0.2) is 6.33 Å². The molecule has 0 aliphatic rings. The summed E-state index contributed by atoms with van der Waals surface area (Å²) in [6.07, 6.45) is 0.381. The van der Waals surface area contributed by atoms with Crippen LogP contribution in [-0.2, 0) is 11.3 Å². The van der Waals surface area contributed by atoms with Crippen molar-refractivity contribution in [3.8, 4) is 0 Å². The van der Waals surface area contributed by atoms with Crippen molar-refractivity contribution in [1.82, 2.24) is 20.1 Å². The highest BCUT2D eigenvalue weighted by Crippen LogP contribution is 1.89. The van der Waals surface area contributed by atoms with Gasteiger partial charge in [-0.05, 0) is 0 Å². The second-order valence-corrected chi connectivity index (χ2v) is 2.94. The maximum atomic E-state index is 11.2. The normalized spacial score (nSPS) is 12.4. The number of carbonyl (C=O) groups is 1. The molecule has 8 heteroatoms. The van der Waals surface area contributed by atoms with Crippen molar-refractivity contribution in [2.24, 2.45) is 0 Å². The Bertz CT molecular complexity index is 326. The number of nitrogen functional groups attached to an aromatic ring is 1. The van der Waals surface area contributed by atoms with E-state index in [1.165, 1.54) is 11.0 Å². The van der Waals surface area contributed by atoms with Crippen molar-refractivity contribution in [2.45, 2.75) is 12.6 Å². The molecule has 15 heavy (non-hydrogen) atoms. The summed E-state index contributed by atoms with van der Waals surface area (Å²) in [6.45, 7) is -0.418. The molecule has 1 aromatic heterocycles. The Kier molecular flexibility index (Phi) is 4.01. The average molecular weight is 215 g/mol. The number of nitrogens with zero attached hydrogens (tertiary/aromatic N) is 3. The van der Waals surface area contributed by atoms with E-state index in [9.17, 15) is 4.79 Å². The van der Waals surface area contributed by atoms with E-state index < -0.39 is 12.7 Å². The van der Waals surface area contributed by atoms with Crippen LogP contribution in [0.3, 0.4) is 0 Å². The minimum atomic E-state index is -0.949. The summed E-state index contributed by atoms with van der Waals surface area (Å²) < 4.78 is 1.27. The van der Waals surface area contributed by atoms with Gasteiger partial charge in [0.2, 0.25) is 11.9 Å². The summed E-state index contributed by atoms with van der Waals surface area (Å²) in [4.78, 5) is 14.9. The number of amides is 1. The smallest absolute Gasteiger partial charge is 0.241 e. The minimum absolute atomic E-state index is 0.000484. The lowest BCUT2D eigenvalue weighted by Crippen LogP contribution is -2.35. The topological polar surface area (TPSA) is 126 Å². The quantitative estimate of drug-likeness (QED) is 0.424. The molecule has 0 aliphatic carbocycles. The van der Waals surface area contributed by atoms with Crippen LogP contribution in [0.1, 0.15) is 0 Å². The van der Waals surface area contributed by atoms with Crippen molar-refractivity contribution in [1.29, 1.82) is 0 Å². The number of carbonyl (C=O) groups excluding carboxylic acids is 1.